The lowest BCUT2D eigenvalue weighted by atomic mass is 9.68. The normalized spacial score (nSPS) is 17.3. The van der Waals surface area contributed by atoms with E-state index in [1.807, 2.05) is 4.90 Å². The number of hydrogen-bond donors (Lipinski definition) is 1. The number of rotatable bonds is 9. The van der Waals surface area contributed by atoms with E-state index < -0.39 is 0 Å². The van der Waals surface area contributed by atoms with Gasteiger partial charge in [-0.3, -0.25) is 4.79 Å². The molecule has 0 saturated heterocycles. The molecule has 5 heteroatoms. The SMILES string of the molecule is COCCCN(CCOC)C(=O)C1(CN)CCC1. The van der Waals surface area contributed by atoms with Gasteiger partial charge in [-0.15, -0.1) is 0 Å². The van der Waals surface area contributed by atoms with Crippen molar-refractivity contribution in [3.8, 4) is 0 Å². The Morgan fingerprint density at radius 2 is 1.89 bits per heavy atom. The second-order valence-electron chi connectivity index (χ2n) is 4.97. The zero-order valence-electron chi connectivity index (χ0n) is 11.6. The molecule has 0 aromatic carbocycles. The van der Waals surface area contributed by atoms with E-state index in [0.29, 0.717) is 26.3 Å². The third-order valence-corrected chi connectivity index (χ3v) is 3.78. The van der Waals surface area contributed by atoms with Crippen molar-refractivity contribution in [3.63, 3.8) is 0 Å². The van der Waals surface area contributed by atoms with E-state index in [0.717, 1.165) is 32.2 Å². The van der Waals surface area contributed by atoms with Gasteiger partial charge in [-0.05, 0) is 19.3 Å². The van der Waals surface area contributed by atoms with E-state index in [-0.39, 0.29) is 11.3 Å². The molecular weight excluding hydrogens is 232 g/mol. The van der Waals surface area contributed by atoms with Gasteiger partial charge in [0.2, 0.25) is 5.91 Å². The van der Waals surface area contributed by atoms with E-state index in [2.05, 4.69) is 0 Å². The van der Waals surface area contributed by atoms with Crippen LogP contribution in [0.4, 0.5) is 0 Å². The van der Waals surface area contributed by atoms with Crippen molar-refractivity contribution >= 4 is 5.91 Å². The fourth-order valence-corrected chi connectivity index (χ4v) is 2.36. The molecule has 0 unspecified atom stereocenters. The number of ether oxygens (including phenoxy) is 2. The number of hydrogen-bond acceptors (Lipinski definition) is 4. The topological polar surface area (TPSA) is 64.8 Å². The van der Waals surface area contributed by atoms with Crippen LogP contribution in [0.3, 0.4) is 0 Å². The first-order valence-electron chi connectivity index (χ1n) is 6.67. The molecule has 5 nitrogen and oxygen atoms in total. The molecule has 1 rings (SSSR count). The molecule has 0 heterocycles. The number of carbonyl (C=O) groups excluding carboxylic acids is 1. The molecule has 0 aromatic heterocycles. The zero-order chi connectivity index (χ0) is 13.4. The fourth-order valence-electron chi connectivity index (χ4n) is 2.36. The van der Waals surface area contributed by atoms with Crippen molar-refractivity contribution in [1.29, 1.82) is 0 Å². The van der Waals surface area contributed by atoms with E-state index >= 15 is 0 Å². The minimum Gasteiger partial charge on any atom is -0.385 e. The lowest BCUT2D eigenvalue weighted by Crippen LogP contribution is -2.53. The highest BCUT2D eigenvalue weighted by Crippen LogP contribution is 2.41. The summed E-state index contributed by atoms with van der Waals surface area (Å²) >= 11 is 0. The Bertz CT molecular complexity index is 249. The van der Waals surface area contributed by atoms with Gasteiger partial charge in [0, 0.05) is 40.5 Å². The number of methoxy groups -OCH3 is 2. The number of amides is 1. The van der Waals surface area contributed by atoms with Crippen LogP contribution >= 0.6 is 0 Å². The van der Waals surface area contributed by atoms with Crippen LogP contribution in [0, 0.1) is 5.41 Å². The summed E-state index contributed by atoms with van der Waals surface area (Å²) in [5, 5.41) is 0. The average Bonchev–Trinajstić information content (AvgIpc) is 2.33. The number of carbonyl (C=O) groups is 1. The molecule has 106 valence electrons. The molecular formula is C13H26N2O3. The van der Waals surface area contributed by atoms with E-state index in [4.69, 9.17) is 15.2 Å². The van der Waals surface area contributed by atoms with Crippen LogP contribution in [-0.2, 0) is 14.3 Å². The van der Waals surface area contributed by atoms with Gasteiger partial charge in [0.15, 0.2) is 0 Å². The molecule has 0 radical (unpaired) electrons. The molecule has 0 aliphatic heterocycles. The molecule has 18 heavy (non-hydrogen) atoms. The van der Waals surface area contributed by atoms with Crippen LogP contribution in [-0.4, -0.2) is 57.9 Å². The van der Waals surface area contributed by atoms with Crippen LogP contribution in [0.2, 0.25) is 0 Å². The molecule has 1 aliphatic rings. The van der Waals surface area contributed by atoms with Gasteiger partial charge in [-0.25, -0.2) is 0 Å². The van der Waals surface area contributed by atoms with Gasteiger partial charge in [-0.1, -0.05) is 6.42 Å². The minimum absolute atomic E-state index is 0.199. The average molecular weight is 258 g/mol. The molecule has 0 aromatic rings. The van der Waals surface area contributed by atoms with E-state index in [1.165, 1.54) is 0 Å². The van der Waals surface area contributed by atoms with Gasteiger partial charge >= 0.3 is 0 Å². The summed E-state index contributed by atoms with van der Waals surface area (Å²) in [4.78, 5) is 14.4. The van der Waals surface area contributed by atoms with Crippen molar-refractivity contribution < 1.29 is 14.3 Å². The van der Waals surface area contributed by atoms with Crippen molar-refractivity contribution in [2.24, 2.45) is 11.1 Å². The summed E-state index contributed by atoms with van der Waals surface area (Å²) in [6.45, 7) is 3.06. The van der Waals surface area contributed by atoms with Crippen LogP contribution in [0.1, 0.15) is 25.7 Å². The van der Waals surface area contributed by atoms with E-state index in [1.54, 1.807) is 14.2 Å². The molecule has 0 atom stereocenters. The van der Waals surface area contributed by atoms with Gasteiger partial charge in [0.25, 0.3) is 0 Å². The lowest BCUT2D eigenvalue weighted by Gasteiger charge is -2.42. The Kier molecular flexibility index (Phi) is 6.60. The smallest absolute Gasteiger partial charge is 0.230 e. The second kappa shape index (κ2) is 7.71. The third kappa shape index (κ3) is 3.67. The molecule has 1 aliphatic carbocycles. The predicted octanol–water partition coefficient (Wildman–Crippen LogP) is 0.627. The van der Waals surface area contributed by atoms with Crippen LogP contribution in [0.15, 0.2) is 0 Å². The number of nitrogens with two attached hydrogens (primary N) is 1. The summed E-state index contributed by atoms with van der Waals surface area (Å²) in [6, 6.07) is 0. The first kappa shape index (κ1) is 15.4. The standard InChI is InChI=1S/C13H26N2O3/c1-17-9-4-7-15(8-10-18-2)12(16)13(11-14)5-3-6-13/h3-11,14H2,1-2H3. The van der Waals surface area contributed by atoms with Gasteiger partial charge in [0.05, 0.1) is 12.0 Å². The largest absolute Gasteiger partial charge is 0.385 e. The highest BCUT2D eigenvalue weighted by atomic mass is 16.5. The highest BCUT2D eigenvalue weighted by molar-refractivity contribution is 5.84. The zero-order valence-corrected chi connectivity index (χ0v) is 11.6. The maximum absolute atomic E-state index is 12.5. The number of nitrogens with zero attached hydrogens (tertiary/aromatic N) is 1. The predicted molar refractivity (Wildman–Crippen MR) is 70.3 cm³/mol. The molecule has 2 N–H and O–H groups in total. The van der Waals surface area contributed by atoms with Crippen molar-refractivity contribution in [2.75, 3.05) is 47.1 Å². The van der Waals surface area contributed by atoms with Gasteiger partial charge < -0.3 is 20.1 Å². The Morgan fingerprint density at radius 1 is 1.22 bits per heavy atom. The van der Waals surface area contributed by atoms with E-state index in [9.17, 15) is 4.79 Å². The third-order valence-electron chi connectivity index (χ3n) is 3.78. The Balaban J connectivity index is 2.53. The Morgan fingerprint density at radius 3 is 2.33 bits per heavy atom. The minimum atomic E-state index is -0.291. The molecule has 1 amide bonds. The molecule has 1 fully saturated rings. The lowest BCUT2D eigenvalue weighted by molar-refractivity contribution is -0.147. The monoisotopic (exact) mass is 258 g/mol. The summed E-state index contributed by atoms with van der Waals surface area (Å²) in [7, 11) is 3.33. The van der Waals surface area contributed by atoms with Crippen molar-refractivity contribution in [1.82, 2.24) is 4.90 Å². The molecule has 0 bridgehead atoms. The maximum Gasteiger partial charge on any atom is 0.230 e. The van der Waals surface area contributed by atoms with Crippen LogP contribution in [0.25, 0.3) is 0 Å². The summed E-state index contributed by atoms with van der Waals surface area (Å²) in [5.41, 5.74) is 5.50. The fraction of sp³-hybridized carbons (Fsp3) is 0.923. The first-order chi connectivity index (χ1) is 8.70. The Hall–Kier alpha value is -0.650. The quantitative estimate of drug-likeness (QED) is 0.616. The van der Waals surface area contributed by atoms with Crippen molar-refractivity contribution in [2.45, 2.75) is 25.7 Å². The summed E-state index contributed by atoms with van der Waals surface area (Å²) in [6.07, 6.45) is 3.82. The van der Waals surface area contributed by atoms with Gasteiger partial charge in [-0.2, -0.15) is 0 Å². The Labute approximate surface area is 110 Å². The molecule has 1 saturated carbocycles. The summed E-state index contributed by atoms with van der Waals surface area (Å²) < 4.78 is 10.1. The highest BCUT2D eigenvalue weighted by Gasteiger charge is 2.44. The first-order valence-corrected chi connectivity index (χ1v) is 6.67. The van der Waals surface area contributed by atoms with Crippen LogP contribution < -0.4 is 5.73 Å². The molecule has 0 spiro atoms. The van der Waals surface area contributed by atoms with Crippen molar-refractivity contribution in [3.05, 3.63) is 0 Å². The van der Waals surface area contributed by atoms with Gasteiger partial charge in [0.1, 0.15) is 0 Å². The second-order valence-corrected chi connectivity index (χ2v) is 4.97. The maximum atomic E-state index is 12.5. The summed E-state index contributed by atoms with van der Waals surface area (Å²) in [5.74, 6) is 0.199. The van der Waals surface area contributed by atoms with Crippen LogP contribution in [0.5, 0.6) is 0 Å².